The van der Waals surface area contributed by atoms with Crippen LogP contribution < -0.4 is 15.4 Å². The highest BCUT2D eigenvalue weighted by Crippen LogP contribution is 2.38. The number of carbonyl (C=O) groups is 5. The molecule has 3 aliphatic rings. The van der Waals surface area contributed by atoms with Gasteiger partial charge in [0.25, 0.3) is 17.7 Å². The second kappa shape index (κ2) is 18.0. The van der Waals surface area contributed by atoms with Crippen molar-refractivity contribution in [2.24, 2.45) is 5.41 Å². The van der Waals surface area contributed by atoms with E-state index >= 15 is 0 Å². The molecule has 2 atom stereocenters. The lowest BCUT2D eigenvalue weighted by Gasteiger charge is -2.27. The number of anilines is 1. The first-order valence-corrected chi connectivity index (χ1v) is 17.7. The minimum atomic E-state index is -4.74. The van der Waals surface area contributed by atoms with Crippen LogP contribution in [0.25, 0.3) is 0 Å². The predicted octanol–water partition coefficient (Wildman–Crippen LogP) is 2.77. The number of benzene rings is 2. The number of carbonyl (C=O) groups excluding carboxylic acids is 5. The van der Waals surface area contributed by atoms with Gasteiger partial charge in [-0.25, -0.2) is 0 Å². The number of fused-ring (bicyclic) bond motifs is 1. The van der Waals surface area contributed by atoms with E-state index in [1.165, 1.54) is 18.2 Å². The van der Waals surface area contributed by atoms with Crippen LogP contribution in [0.1, 0.15) is 58.5 Å². The molecule has 3 heterocycles. The van der Waals surface area contributed by atoms with Crippen LogP contribution >= 0.6 is 0 Å². The van der Waals surface area contributed by atoms with Crippen molar-refractivity contribution in [3.8, 4) is 11.8 Å². The molecule has 0 bridgehead atoms. The third-order valence-corrected chi connectivity index (χ3v) is 9.17. The summed E-state index contributed by atoms with van der Waals surface area (Å²) in [6.45, 7) is 6.81. The SMILES string of the molecule is CC1(C)CN(CCOCCOCCOCCOCCNc2cccc3c2C(=O)N(C2CCC(=O)NC2=O)C3=O)C(=O)C1Oc1ccc(C#N)c(C(F)(F)F)c1. The topological polar surface area (TPSA) is 186 Å². The molecule has 0 spiro atoms. The van der Waals surface area contributed by atoms with Crippen molar-refractivity contribution in [2.45, 2.75) is 45.0 Å². The van der Waals surface area contributed by atoms with Crippen molar-refractivity contribution in [1.29, 1.82) is 5.26 Å². The molecule has 0 aromatic heterocycles. The fourth-order valence-corrected chi connectivity index (χ4v) is 6.47. The highest BCUT2D eigenvalue weighted by atomic mass is 19.4. The molecule has 2 aromatic rings. The van der Waals surface area contributed by atoms with Gasteiger partial charge in [0.15, 0.2) is 6.10 Å². The van der Waals surface area contributed by atoms with E-state index in [1.54, 1.807) is 30.9 Å². The van der Waals surface area contributed by atoms with Gasteiger partial charge in [0.05, 0.1) is 81.2 Å². The Morgan fingerprint density at radius 2 is 1.56 bits per heavy atom. The number of hydrogen-bond donors (Lipinski definition) is 2. The van der Waals surface area contributed by atoms with Crippen LogP contribution in [0, 0.1) is 16.7 Å². The summed E-state index contributed by atoms with van der Waals surface area (Å²) in [4.78, 5) is 65.5. The van der Waals surface area contributed by atoms with Gasteiger partial charge in [-0.05, 0) is 36.8 Å². The van der Waals surface area contributed by atoms with E-state index in [1.807, 2.05) is 0 Å². The van der Waals surface area contributed by atoms with E-state index in [9.17, 15) is 37.1 Å². The number of halogens is 3. The van der Waals surface area contributed by atoms with Gasteiger partial charge < -0.3 is 33.9 Å². The summed E-state index contributed by atoms with van der Waals surface area (Å²) < 4.78 is 68.1. The van der Waals surface area contributed by atoms with Crippen LogP contribution in [0.15, 0.2) is 36.4 Å². The Bertz CT molecular complexity index is 1810. The summed E-state index contributed by atoms with van der Waals surface area (Å²) >= 11 is 0. The number of hydrogen-bond acceptors (Lipinski definition) is 12. The number of nitriles is 1. The maximum absolute atomic E-state index is 13.4. The number of nitrogens with zero attached hydrogens (tertiary/aromatic N) is 3. The molecule has 0 aliphatic carbocycles. The third-order valence-electron chi connectivity index (χ3n) is 9.17. The number of alkyl halides is 3. The van der Waals surface area contributed by atoms with E-state index in [-0.39, 0.29) is 62.0 Å². The van der Waals surface area contributed by atoms with E-state index in [0.29, 0.717) is 51.8 Å². The summed E-state index contributed by atoms with van der Waals surface area (Å²) in [5.41, 5.74) is -1.54. The molecule has 15 nitrogen and oxygen atoms in total. The zero-order valence-electron chi connectivity index (χ0n) is 30.4. The van der Waals surface area contributed by atoms with E-state index in [2.05, 4.69) is 10.6 Å². The Kier molecular flexibility index (Phi) is 13.5. The molecule has 18 heteroatoms. The Balaban J connectivity index is 0.897. The van der Waals surface area contributed by atoms with Gasteiger partial charge in [0, 0.05) is 37.2 Å². The number of rotatable bonds is 19. The summed E-state index contributed by atoms with van der Waals surface area (Å²) in [5, 5.41) is 14.3. The van der Waals surface area contributed by atoms with Crippen LogP contribution in [0.4, 0.5) is 18.9 Å². The van der Waals surface area contributed by atoms with Gasteiger partial charge in [-0.2, -0.15) is 18.4 Å². The second-order valence-corrected chi connectivity index (χ2v) is 13.6. The lowest BCUT2D eigenvalue weighted by molar-refractivity contribution is -0.138. The molecule has 2 saturated heterocycles. The van der Waals surface area contributed by atoms with Crippen LogP contribution in [0.2, 0.25) is 0 Å². The van der Waals surface area contributed by atoms with Crippen molar-refractivity contribution >= 4 is 35.2 Å². The molecular formula is C37H42F3N5O10. The van der Waals surface area contributed by atoms with Crippen molar-refractivity contribution in [1.82, 2.24) is 15.1 Å². The molecule has 55 heavy (non-hydrogen) atoms. The molecule has 0 saturated carbocycles. The number of nitrogens with one attached hydrogen (secondary N) is 2. The van der Waals surface area contributed by atoms with Gasteiger partial charge in [0.1, 0.15) is 11.8 Å². The van der Waals surface area contributed by atoms with Gasteiger partial charge in [0.2, 0.25) is 11.8 Å². The zero-order valence-corrected chi connectivity index (χ0v) is 30.4. The first kappa shape index (κ1) is 41.1. The zero-order chi connectivity index (χ0) is 39.8. The summed E-state index contributed by atoms with van der Waals surface area (Å²) in [7, 11) is 0. The lowest BCUT2D eigenvalue weighted by atomic mass is 9.89. The van der Waals surface area contributed by atoms with Crippen LogP contribution in [-0.4, -0.2) is 124 Å². The average Bonchev–Trinajstić information content (AvgIpc) is 3.52. The van der Waals surface area contributed by atoms with E-state index in [0.717, 1.165) is 17.0 Å². The average molecular weight is 774 g/mol. The summed E-state index contributed by atoms with van der Waals surface area (Å²) in [6.07, 6.45) is -5.64. The number of piperidine rings is 1. The Morgan fingerprint density at radius 3 is 2.20 bits per heavy atom. The molecular weight excluding hydrogens is 731 g/mol. The molecule has 296 valence electrons. The van der Waals surface area contributed by atoms with Crippen molar-refractivity contribution in [3.63, 3.8) is 0 Å². The standard InChI is InChI=1S/C37H42F3N5O10/c1-36(2)22-44(35(50)31(36)55-24-7-6-23(21-41)26(20-24)37(38,39)40)11-13-52-15-17-54-19-18-53-16-14-51-12-10-42-27-5-3-4-25-30(27)34(49)45(33(25)48)28-8-9-29(46)43-32(28)47/h3-7,20,28,31,42H,8-19,22H2,1-2H3,(H,43,46,47). The molecule has 2 N–H and O–H groups in total. The number of amides is 5. The van der Waals surface area contributed by atoms with E-state index in [4.69, 9.17) is 28.9 Å². The van der Waals surface area contributed by atoms with Crippen LogP contribution in [0.3, 0.4) is 0 Å². The third kappa shape index (κ3) is 9.97. The van der Waals surface area contributed by atoms with Gasteiger partial charge in [-0.15, -0.1) is 0 Å². The Hall–Kier alpha value is -5.09. The predicted molar refractivity (Wildman–Crippen MR) is 186 cm³/mol. The summed E-state index contributed by atoms with van der Waals surface area (Å²) in [6, 6.07) is 8.32. The number of likely N-dealkylation sites (tertiary alicyclic amines) is 1. The molecule has 3 aliphatic heterocycles. The first-order valence-electron chi connectivity index (χ1n) is 17.7. The van der Waals surface area contributed by atoms with Crippen molar-refractivity contribution in [2.75, 3.05) is 77.8 Å². The van der Waals surface area contributed by atoms with Crippen LogP contribution in [0.5, 0.6) is 5.75 Å². The van der Waals surface area contributed by atoms with Gasteiger partial charge >= 0.3 is 6.18 Å². The lowest BCUT2D eigenvalue weighted by Crippen LogP contribution is -2.54. The fraction of sp³-hybridized carbons (Fsp3) is 0.514. The smallest absolute Gasteiger partial charge is 0.417 e. The molecule has 5 amide bonds. The minimum absolute atomic E-state index is 0.0396. The maximum Gasteiger partial charge on any atom is 0.417 e. The maximum atomic E-state index is 13.4. The molecule has 5 rings (SSSR count). The quantitative estimate of drug-likeness (QED) is 0.157. The molecule has 0 radical (unpaired) electrons. The van der Waals surface area contributed by atoms with Crippen molar-refractivity contribution < 1.29 is 60.8 Å². The largest absolute Gasteiger partial charge is 0.480 e. The van der Waals surface area contributed by atoms with Gasteiger partial charge in [-0.3, -0.25) is 34.2 Å². The summed E-state index contributed by atoms with van der Waals surface area (Å²) in [5.74, 6) is -2.80. The molecule has 2 aromatic carbocycles. The van der Waals surface area contributed by atoms with Gasteiger partial charge in [-0.1, -0.05) is 19.9 Å². The van der Waals surface area contributed by atoms with E-state index < -0.39 is 58.5 Å². The number of ether oxygens (including phenoxy) is 5. The normalized spacial score (nSPS) is 19.5. The molecule has 2 fully saturated rings. The minimum Gasteiger partial charge on any atom is -0.480 e. The fourth-order valence-electron chi connectivity index (χ4n) is 6.47. The van der Waals surface area contributed by atoms with Crippen LogP contribution in [-0.2, 0) is 39.5 Å². The van der Waals surface area contributed by atoms with Crippen molar-refractivity contribution in [3.05, 3.63) is 58.7 Å². The highest BCUT2D eigenvalue weighted by Gasteiger charge is 2.48. The Morgan fingerprint density at radius 1 is 0.909 bits per heavy atom. The monoisotopic (exact) mass is 773 g/mol. The highest BCUT2D eigenvalue weighted by molar-refractivity contribution is 6.25. The Labute approximate surface area is 314 Å². The molecule has 2 unspecified atom stereocenters. The first-order chi connectivity index (χ1) is 26.2. The number of imide groups is 2. The second-order valence-electron chi connectivity index (χ2n) is 13.6.